The summed E-state index contributed by atoms with van der Waals surface area (Å²) >= 11 is 0. The molecule has 0 spiro atoms. The van der Waals surface area contributed by atoms with Crippen LogP contribution in [0, 0.1) is 27.7 Å². The van der Waals surface area contributed by atoms with E-state index < -0.39 is 0 Å². The van der Waals surface area contributed by atoms with Crippen LogP contribution in [0.5, 0.6) is 0 Å². The minimum Gasteiger partial charge on any atom is -0.267 e. The Morgan fingerprint density at radius 1 is 0.852 bits per heavy atom. The highest BCUT2D eigenvalue weighted by Gasteiger charge is 2.13. The molecule has 0 aliphatic rings. The molecule has 0 aliphatic heterocycles. The Balaban J connectivity index is 1.53. The molecule has 0 fully saturated rings. The lowest BCUT2D eigenvalue weighted by molar-refractivity contribution is 0.481. The van der Waals surface area contributed by atoms with Crippen molar-refractivity contribution in [3.63, 3.8) is 0 Å². The number of benzene rings is 1. The van der Waals surface area contributed by atoms with E-state index in [1.165, 1.54) is 11.3 Å². The summed E-state index contributed by atoms with van der Waals surface area (Å²) in [6, 6.07) is 10.1. The number of hydrogen-bond acceptors (Lipinski definition) is 4. The zero-order chi connectivity index (χ0) is 19.0. The van der Waals surface area contributed by atoms with Crippen LogP contribution in [0.2, 0.25) is 0 Å². The molecule has 0 N–H and O–H groups in total. The van der Waals surface area contributed by atoms with E-state index in [2.05, 4.69) is 34.4 Å². The summed E-state index contributed by atoms with van der Waals surface area (Å²) in [5.74, 6) is 0. The van der Waals surface area contributed by atoms with Gasteiger partial charge in [-0.3, -0.25) is 9.36 Å². The summed E-state index contributed by atoms with van der Waals surface area (Å²) in [6.45, 7) is 9.73. The summed E-state index contributed by atoms with van der Waals surface area (Å²) in [6.07, 6.45) is 3.97. The predicted octanol–water partition coefficient (Wildman–Crippen LogP) is 3.26. The van der Waals surface area contributed by atoms with Gasteiger partial charge in [0.2, 0.25) is 0 Å². The summed E-state index contributed by atoms with van der Waals surface area (Å²) < 4.78 is 5.77. The second-order valence-electron chi connectivity index (χ2n) is 6.79. The molecule has 7 heteroatoms. The van der Waals surface area contributed by atoms with Crippen molar-refractivity contribution in [3.8, 4) is 16.9 Å². The topological polar surface area (TPSA) is 66.3 Å². The average molecular weight is 361 g/mol. The lowest BCUT2D eigenvalue weighted by atomic mass is 10.2. The molecule has 0 saturated heterocycles. The molecule has 4 rings (SSSR count). The number of aryl methyl sites for hydroxylation is 4. The zero-order valence-corrected chi connectivity index (χ0v) is 16.1. The van der Waals surface area contributed by atoms with Crippen molar-refractivity contribution in [2.75, 3.05) is 0 Å². The van der Waals surface area contributed by atoms with Gasteiger partial charge in [-0.2, -0.15) is 10.2 Å². The molecule has 138 valence electrons. The van der Waals surface area contributed by atoms with Crippen LogP contribution in [0.25, 0.3) is 16.9 Å². The number of rotatable bonds is 5. The van der Waals surface area contributed by atoms with Crippen molar-refractivity contribution in [1.82, 2.24) is 34.6 Å². The molecule has 0 atom stereocenters. The molecule has 0 aliphatic carbocycles. The molecule has 0 amide bonds. The fraction of sp³-hybridized carbons (Fsp3) is 0.300. The first kappa shape index (κ1) is 17.2. The molecule has 0 bridgehead atoms. The summed E-state index contributed by atoms with van der Waals surface area (Å²) in [7, 11) is 0. The Morgan fingerprint density at radius 2 is 1.63 bits per heavy atom. The largest absolute Gasteiger partial charge is 0.267 e. The predicted molar refractivity (Wildman–Crippen MR) is 104 cm³/mol. The quantitative estimate of drug-likeness (QED) is 0.547. The van der Waals surface area contributed by atoms with Crippen molar-refractivity contribution >= 4 is 0 Å². The van der Waals surface area contributed by atoms with Crippen LogP contribution in [-0.2, 0) is 13.1 Å². The molecule has 1 aromatic carbocycles. The van der Waals surface area contributed by atoms with Gasteiger partial charge >= 0.3 is 0 Å². The third kappa shape index (κ3) is 3.28. The van der Waals surface area contributed by atoms with Gasteiger partial charge in [0.1, 0.15) is 5.69 Å². The van der Waals surface area contributed by atoms with E-state index in [4.69, 9.17) is 0 Å². The van der Waals surface area contributed by atoms with E-state index in [1.807, 2.05) is 70.6 Å². The third-order valence-corrected chi connectivity index (χ3v) is 5.02. The van der Waals surface area contributed by atoms with Gasteiger partial charge < -0.3 is 0 Å². The van der Waals surface area contributed by atoms with E-state index in [0.717, 1.165) is 41.4 Å². The SMILES string of the molecule is Cc1nn(-c2ccccc2)cc1-c1cn(CCn2nc(C)c(C)c2C)nn1. The lowest BCUT2D eigenvalue weighted by Crippen LogP contribution is -2.10. The second kappa shape index (κ2) is 6.83. The fourth-order valence-corrected chi connectivity index (χ4v) is 3.16. The molecular weight excluding hydrogens is 338 g/mol. The first-order valence-corrected chi connectivity index (χ1v) is 9.05. The number of nitrogens with zero attached hydrogens (tertiary/aromatic N) is 7. The Bertz CT molecular complexity index is 1070. The zero-order valence-electron chi connectivity index (χ0n) is 16.1. The van der Waals surface area contributed by atoms with E-state index >= 15 is 0 Å². The molecular formula is C20H23N7. The lowest BCUT2D eigenvalue weighted by Gasteiger charge is -2.04. The van der Waals surface area contributed by atoms with Gasteiger partial charge in [0.25, 0.3) is 0 Å². The summed E-state index contributed by atoms with van der Waals surface area (Å²) in [4.78, 5) is 0. The van der Waals surface area contributed by atoms with Gasteiger partial charge in [-0.15, -0.1) is 5.10 Å². The first-order chi connectivity index (χ1) is 13.0. The highest BCUT2D eigenvalue weighted by atomic mass is 15.4. The molecule has 0 radical (unpaired) electrons. The Morgan fingerprint density at radius 3 is 2.33 bits per heavy atom. The molecule has 3 heterocycles. The van der Waals surface area contributed by atoms with E-state index in [9.17, 15) is 0 Å². The van der Waals surface area contributed by atoms with E-state index in [-0.39, 0.29) is 0 Å². The van der Waals surface area contributed by atoms with E-state index in [0.29, 0.717) is 0 Å². The van der Waals surface area contributed by atoms with Crippen molar-refractivity contribution in [3.05, 3.63) is 65.4 Å². The Labute approximate surface area is 158 Å². The van der Waals surface area contributed by atoms with Gasteiger partial charge in [0.05, 0.1) is 36.4 Å². The van der Waals surface area contributed by atoms with Gasteiger partial charge in [0.15, 0.2) is 0 Å². The maximum atomic E-state index is 4.61. The van der Waals surface area contributed by atoms with Crippen LogP contribution >= 0.6 is 0 Å². The second-order valence-corrected chi connectivity index (χ2v) is 6.79. The molecule has 3 aromatic heterocycles. The standard InChI is InChI=1S/C20H23N7/c1-14-15(2)22-26(17(14)4)11-10-25-13-20(21-24-25)19-12-27(23-16(19)3)18-8-6-5-7-9-18/h5-9,12-13H,10-11H2,1-4H3. The molecule has 27 heavy (non-hydrogen) atoms. The molecule has 4 aromatic rings. The summed E-state index contributed by atoms with van der Waals surface area (Å²) in [5, 5.41) is 17.8. The van der Waals surface area contributed by atoms with Gasteiger partial charge in [-0.05, 0) is 45.4 Å². The molecule has 7 nitrogen and oxygen atoms in total. The number of aromatic nitrogens is 7. The fourth-order valence-electron chi connectivity index (χ4n) is 3.16. The van der Waals surface area contributed by atoms with Gasteiger partial charge in [0, 0.05) is 17.5 Å². The number of para-hydroxylation sites is 1. The van der Waals surface area contributed by atoms with Crippen molar-refractivity contribution < 1.29 is 0 Å². The highest BCUT2D eigenvalue weighted by Crippen LogP contribution is 2.21. The van der Waals surface area contributed by atoms with Gasteiger partial charge in [-0.1, -0.05) is 23.4 Å². The van der Waals surface area contributed by atoms with Crippen LogP contribution in [-0.4, -0.2) is 34.6 Å². The minimum absolute atomic E-state index is 0.722. The maximum absolute atomic E-state index is 4.61. The Kier molecular flexibility index (Phi) is 4.35. The van der Waals surface area contributed by atoms with Crippen LogP contribution in [0.4, 0.5) is 0 Å². The minimum atomic E-state index is 0.722. The van der Waals surface area contributed by atoms with Gasteiger partial charge in [-0.25, -0.2) is 4.68 Å². The van der Waals surface area contributed by atoms with Crippen LogP contribution in [0.15, 0.2) is 42.7 Å². The monoisotopic (exact) mass is 361 g/mol. The number of hydrogen-bond donors (Lipinski definition) is 0. The maximum Gasteiger partial charge on any atom is 0.116 e. The van der Waals surface area contributed by atoms with Crippen molar-refractivity contribution in [1.29, 1.82) is 0 Å². The van der Waals surface area contributed by atoms with Crippen molar-refractivity contribution in [2.45, 2.75) is 40.8 Å². The highest BCUT2D eigenvalue weighted by molar-refractivity contribution is 5.60. The normalized spacial score (nSPS) is 11.3. The molecule has 0 saturated carbocycles. The van der Waals surface area contributed by atoms with Crippen LogP contribution in [0.1, 0.15) is 22.6 Å². The summed E-state index contributed by atoms with van der Waals surface area (Å²) in [5.41, 5.74) is 7.31. The van der Waals surface area contributed by atoms with Crippen molar-refractivity contribution in [2.24, 2.45) is 0 Å². The third-order valence-electron chi connectivity index (χ3n) is 5.02. The van der Waals surface area contributed by atoms with Crippen LogP contribution in [0.3, 0.4) is 0 Å². The van der Waals surface area contributed by atoms with Crippen LogP contribution < -0.4 is 0 Å². The molecule has 0 unspecified atom stereocenters. The van der Waals surface area contributed by atoms with E-state index in [1.54, 1.807) is 0 Å². The average Bonchev–Trinajstić information content (AvgIpc) is 3.36. The Hall–Kier alpha value is -3.22. The smallest absolute Gasteiger partial charge is 0.116 e. The first-order valence-electron chi connectivity index (χ1n) is 9.05.